The predicted molar refractivity (Wildman–Crippen MR) is 107 cm³/mol. The van der Waals surface area contributed by atoms with Crippen molar-refractivity contribution in [3.05, 3.63) is 107 Å². The second kappa shape index (κ2) is 5.79. The lowest BCUT2D eigenvalue weighted by Gasteiger charge is -2.49. The van der Waals surface area contributed by atoms with Crippen molar-refractivity contribution in [1.82, 2.24) is 0 Å². The fourth-order valence-corrected chi connectivity index (χ4v) is 5.16. The van der Waals surface area contributed by atoms with Gasteiger partial charge in [-0.05, 0) is 30.9 Å². The molecule has 0 aromatic heterocycles. The molecule has 3 heteroatoms. The second-order valence-electron chi connectivity index (χ2n) is 8.00. The summed E-state index contributed by atoms with van der Waals surface area (Å²) >= 11 is 0. The molecule has 0 saturated carbocycles. The minimum Gasteiger partial charge on any atom is -0.445 e. The average Bonchev–Trinajstić information content (AvgIpc) is 2.94. The topological polar surface area (TPSA) is 46.5 Å². The molecule has 0 spiro atoms. The number of carbonyl (C=O) groups excluding carboxylic acids is 1. The lowest BCUT2D eigenvalue weighted by molar-refractivity contribution is -0.153. The molecule has 1 saturated heterocycles. The smallest absolute Gasteiger partial charge is 0.316 e. The fourth-order valence-electron chi connectivity index (χ4n) is 5.16. The Kier molecular flexibility index (Phi) is 3.56. The van der Waals surface area contributed by atoms with Gasteiger partial charge < -0.3 is 9.84 Å². The van der Waals surface area contributed by atoms with E-state index in [1.807, 2.05) is 91.9 Å². The van der Waals surface area contributed by atoms with E-state index in [2.05, 4.69) is 0 Å². The summed E-state index contributed by atoms with van der Waals surface area (Å²) in [6.45, 7) is 1.85. The molecule has 1 aliphatic heterocycles. The number of aliphatic hydroxyl groups is 1. The van der Waals surface area contributed by atoms with E-state index in [4.69, 9.17) is 4.74 Å². The van der Waals surface area contributed by atoms with Crippen molar-refractivity contribution < 1.29 is 14.6 Å². The Hall–Kier alpha value is -2.91. The van der Waals surface area contributed by atoms with Gasteiger partial charge in [-0.1, -0.05) is 84.9 Å². The summed E-state index contributed by atoms with van der Waals surface area (Å²) in [5.41, 5.74) is -0.464. The normalized spacial score (nSPS) is 27.6. The monoisotopic (exact) mass is 370 g/mol. The van der Waals surface area contributed by atoms with Crippen molar-refractivity contribution in [2.75, 3.05) is 0 Å². The number of rotatable bonds is 2. The molecule has 3 nitrogen and oxygen atoms in total. The summed E-state index contributed by atoms with van der Waals surface area (Å²) in [7, 11) is 0. The first-order valence-electron chi connectivity index (χ1n) is 9.69. The number of aryl methyl sites for hydroxylation is 1. The van der Waals surface area contributed by atoms with Crippen molar-refractivity contribution in [2.24, 2.45) is 5.41 Å². The Balaban J connectivity index is 1.92. The third kappa shape index (κ3) is 1.90. The summed E-state index contributed by atoms with van der Waals surface area (Å²) in [5, 5.41) is 12.6. The first kappa shape index (κ1) is 17.2. The highest BCUT2D eigenvalue weighted by molar-refractivity contribution is 5.85. The standard InChI is InChI=1S/C25H22O3/c1-23-17-16-18-10-8-9-15-21(18)25(23,27)24(28-22(23)26,19-11-4-2-5-12-19)20-13-6-3-7-14-20/h2-15,27H,16-17H2,1H3. The van der Waals surface area contributed by atoms with Gasteiger partial charge in [0.25, 0.3) is 0 Å². The zero-order chi connectivity index (χ0) is 19.4. The van der Waals surface area contributed by atoms with Gasteiger partial charge in [0.05, 0.1) is 0 Å². The highest BCUT2D eigenvalue weighted by Gasteiger charge is 2.75. The maximum atomic E-state index is 13.3. The Morgan fingerprint density at radius 1 is 0.821 bits per heavy atom. The summed E-state index contributed by atoms with van der Waals surface area (Å²) in [6, 6.07) is 27.1. The van der Waals surface area contributed by atoms with Crippen LogP contribution < -0.4 is 0 Å². The van der Waals surface area contributed by atoms with Crippen LogP contribution >= 0.6 is 0 Å². The summed E-state index contributed by atoms with van der Waals surface area (Å²) < 4.78 is 6.24. The lowest BCUT2D eigenvalue weighted by atomic mass is 9.55. The van der Waals surface area contributed by atoms with Gasteiger partial charge in [-0.15, -0.1) is 0 Å². The average molecular weight is 370 g/mol. The van der Waals surface area contributed by atoms with Gasteiger partial charge in [0.15, 0.2) is 11.2 Å². The molecule has 1 aliphatic carbocycles. The first-order valence-corrected chi connectivity index (χ1v) is 9.69. The molecule has 2 atom stereocenters. The van der Waals surface area contributed by atoms with Gasteiger partial charge in [-0.3, -0.25) is 4.79 Å². The van der Waals surface area contributed by atoms with Crippen LogP contribution in [0.2, 0.25) is 0 Å². The van der Waals surface area contributed by atoms with Crippen LogP contribution in [0.4, 0.5) is 0 Å². The van der Waals surface area contributed by atoms with Crippen molar-refractivity contribution in [1.29, 1.82) is 0 Å². The summed E-state index contributed by atoms with van der Waals surface area (Å²) in [6.07, 6.45) is 1.28. The third-order valence-corrected chi connectivity index (χ3v) is 6.67. The number of cyclic esters (lactones) is 1. The van der Waals surface area contributed by atoms with E-state index in [-0.39, 0.29) is 5.97 Å². The van der Waals surface area contributed by atoms with E-state index < -0.39 is 16.6 Å². The van der Waals surface area contributed by atoms with Crippen LogP contribution in [0.25, 0.3) is 0 Å². The first-order chi connectivity index (χ1) is 13.5. The molecule has 5 rings (SSSR count). The number of benzene rings is 3. The number of hydrogen-bond donors (Lipinski definition) is 1. The largest absolute Gasteiger partial charge is 0.445 e. The maximum Gasteiger partial charge on any atom is 0.316 e. The molecule has 1 heterocycles. The molecule has 0 amide bonds. The van der Waals surface area contributed by atoms with E-state index in [0.717, 1.165) is 28.7 Å². The van der Waals surface area contributed by atoms with Crippen LogP contribution in [0.15, 0.2) is 84.9 Å². The molecule has 140 valence electrons. The number of ether oxygens (including phenoxy) is 1. The SMILES string of the molecule is CC12CCc3ccccc3C1(O)C(c1ccccc1)(c1ccccc1)OC2=O. The molecule has 2 aliphatic rings. The Labute approximate surface area is 164 Å². The molecule has 3 aromatic rings. The highest BCUT2D eigenvalue weighted by Crippen LogP contribution is 2.66. The Morgan fingerprint density at radius 3 is 1.96 bits per heavy atom. The summed E-state index contributed by atoms with van der Waals surface area (Å²) in [4.78, 5) is 13.3. The molecule has 1 N–H and O–H groups in total. The molecular weight excluding hydrogens is 348 g/mol. The number of esters is 1. The van der Waals surface area contributed by atoms with E-state index in [1.165, 1.54) is 0 Å². The van der Waals surface area contributed by atoms with Crippen LogP contribution in [-0.2, 0) is 27.2 Å². The third-order valence-electron chi connectivity index (χ3n) is 6.67. The molecule has 0 bridgehead atoms. The second-order valence-corrected chi connectivity index (χ2v) is 8.00. The van der Waals surface area contributed by atoms with Crippen molar-refractivity contribution >= 4 is 5.97 Å². The van der Waals surface area contributed by atoms with E-state index in [9.17, 15) is 9.90 Å². The van der Waals surface area contributed by atoms with Crippen LogP contribution in [0.3, 0.4) is 0 Å². The minimum atomic E-state index is -1.52. The van der Waals surface area contributed by atoms with Gasteiger partial charge >= 0.3 is 5.97 Å². The minimum absolute atomic E-state index is 0.350. The molecule has 1 fully saturated rings. The highest BCUT2D eigenvalue weighted by atomic mass is 16.6. The molecular formula is C25H22O3. The van der Waals surface area contributed by atoms with Crippen molar-refractivity contribution in [2.45, 2.75) is 31.0 Å². The van der Waals surface area contributed by atoms with Crippen molar-refractivity contribution in [3.63, 3.8) is 0 Å². The molecule has 28 heavy (non-hydrogen) atoms. The zero-order valence-corrected chi connectivity index (χ0v) is 15.8. The van der Waals surface area contributed by atoms with Crippen LogP contribution in [0.5, 0.6) is 0 Å². The van der Waals surface area contributed by atoms with Gasteiger partial charge in [0, 0.05) is 11.1 Å². The molecule has 2 unspecified atom stereocenters. The van der Waals surface area contributed by atoms with E-state index >= 15 is 0 Å². The Bertz CT molecular complexity index is 1000. The van der Waals surface area contributed by atoms with Gasteiger partial charge in [-0.25, -0.2) is 0 Å². The summed E-state index contributed by atoms with van der Waals surface area (Å²) in [5.74, 6) is -0.350. The van der Waals surface area contributed by atoms with Gasteiger partial charge in [0.1, 0.15) is 5.41 Å². The Morgan fingerprint density at radius 2 is 1.36 bits per heavy atom. The lowest BCUT2D eigenvalue weighted by Crippen LogP contribution is -2.56. The number of hydrogen-bond acceptors (Lipinski definition) is 3. The van der Waals surface area contributed by atoms with E-state index in [1.54, 1.807) is 0 Å². The predicted octanol–water partition coefficient (Wildman–Crippen LogP) is 4.33. The molecule has 3 aromatic carbocycles. The number of fused-ring (bicyclic) bond motifs is 3. The van der Waals surface area contributed by atoms with Gasteiger partial charge in [0.2, 0.25) is 0 Å². The van der Waals surface area contributed by atoms with Crippen LogP contribution in [0.1, 0.15) is 35.6 Å². The van der Waals surface area contributed by atoms with E-state index in [0.29, 0.717) is 6.42 Å². The van der Waals surface area contributed by atoms with Crippen molar-refractivity contribution in [3.8, 4) is 0 Å². The molecule has 0 radical (unpaired) electrons. The quantitative estimate of drug-likeness (QED) is 0.683. The fraction of sp³-hybridized carbons (Fsp3) is 0.240. The van der Waals surface area contributed by atoms with Crippen LogP contribution in [-0.4, -0.2) is 11.1 Å². The van der Waals surface area contributed by atoms with Gasteiger partial charge in [-0.2, -0.15) is 0 Å². The van der Waals surface area contributed by atoms with Crippen LogP contribution in [0, 0.1) is 5.41 Å². The number of carbonyl (C=O) groups is 1. The maximum absolute atomic E-state index is 13.3. The zero-order valence-electron chi connectivity index (χ0n) is 15.8.